The molecular formula is C16H26N2O. The molecule has 1 rings (SSSR count). The van der Waals surface area contributed by atoms with Crippen LogP contribution < -0.4 is 11.1 Å². The number of amides is 1. The molecule has 3 nitrogen and oxygen atoms in total. The second kappa shape index (κ2) is 7.29. The summed E-state index contributed by atoms with van der Waals surface area (Å²) >= 11 is 0. The van der Waals surface area contributed by atoms with Crippen LogP contribution in [0, 0.1) is 0 Å². The summed E-state index contributed by atoms with van der Waals surface area (Å²) in [7, 11) is 0. The molecule has 3 N–H and O–H groups in total. The van der Waals surface area contributed by atoms with Crippen LogP contribution in [0.1, 0.15) is 52.0 Å². The van der Waals surface area contributed by atoms with Gasteiger partial charge in [0.25, 0.3) is 0 Å². The first kappa shape index (κ1) is 15.7. The second-order valence-electron chi connectivity index (χ2n) is 5.44. The third-order valence-corrected chi connectivity index (χ3v) is 3.46. The molecule has 0 bridgehead atoms. The maximum atomic E-state index is 12.3. The van der Waals surface area contributed by atoms with Crippen LogP contribution in [0.2, 0.25) is 0 Å². The van der Waals surface area contributed by atoms with E-state index in [1.807, 2.05) is 37.3 Å². The summed E-state index contributed by atoms with van der Waals surface area (Å²) in [4.78, 5) is 12.3. The van der Waals surface area contributed by atoms with Crippen molar-refractivity contribution in [2.24, 2.45) is 5.73 Å². The van der Waals surface area contributed by atoms with E-state index in [9.17, 15) is 4.79 Å². The largest absolute Gasteiger partial charge is 0.352 e. The third kappa shape index (κ3) is 4.67. The molecule has 3 heteroatoms. The Morgan fingerprint density at radius 3 is 2.53 bits per heavy atom. The number of unbranched alkanes of at least 4 members (excludes halogenated alkanes) is 2. The van der Waals surface area contributed by atoms with Crippen molar-refractivity contribution >= 4 is 5.91 Å². The molecule has 0 aliphatic carbocycles. The highest BCUT2D eigenvalue weighted by Gasteiger charge is 2.30. The minimum Gasteiger partial charge on any atom is -0.352 e. The normalized spacial score (nSPS) is 15.6. The Labute approximate surface area is 116 Å². The van der Waals surface area contributed by atoms with Gasteiger partial charge in [0.2, 0.25) is 5.91 Å². The van der Waals surface area contributed by atoms with Crippen LogP contribution in [-0.2, 0) is 10.3 Å². The Kier molecular flexibility index (Phi) is 6.03. The van der Waals surface area contributed by atoms with Crippen molar-refractivity contribution in [2.75, 3.05) is 0 Å². The Morgan fingerprint density at radius 1 is 1.32 bits per heavy atom. The minimum absolute atomic E-state index is 0.109. The summed E-state index contributed by atoms with van der Waals surface area (Å²) < 4.78 is 0. The van der Waals surface area contributed by atoms with Crippen molar-refractivity contribution < 1.29 is 4.79 Å². The van der Waals surface area contributed by atoms with Crippen molar-refractivity contribution in [1.29, 1.82) is 0 Å². The van der Waals surface area contributed by atoms with Crippen molar-refractivity contribution in [3.8, 4) is 0 Å². The van der Waals surface area contributed by atoms with Crippen molar-refractivity contribution in [3.05, 3.63) is 35.9 Å². The van der Waals surface area contributed by atoms with E-state index in [2.05, 4.69) is 12.2 Å². The lowest BCUT2D eigenvalue weighted by molar-refractivity contribution is -0.126. The molecule has 0 aliphatic heterocycles. The number of hydrogen-bond donors (Lipinski definition) is 2. The van der Waals surface area contributed by atoms with Gasteiger partial charge in [-0.1, -0.05) is 56.5 Å². The van der Waals surface area contributed by atoms with Gasteiger partial charge in [0.1, 0.15) is 5.54 Å². The van der Waals surface area contributed by atoms with E-state index in [1.54, 1.807) is 6.92 Å². The van der Waals surface area contributed by atoms with Gasteiger partial charge in [0, 0.05) is 6.04 Å². The molecule has 0 radical (unpaired) electrons. The number of nitrogens with two attached hydrogens (primary N) is 1. The van der Waals surface area contributed by atoms with E-state index in [0.717, 1.165) is 18.4 Å². The maximum Gasteiger partial charge on any atom is 0.244 e. The third-order valence-electron chi connectivity index (χ3n) is 3.46. The Morgan fingerprint density at radius 2 is 1.95 bits per heavy atom. The SMILES string of the molecule is CCCCCC(C)NC(=O)C(C)(N)c1ccccc1. The van der Waals surface area contributed by atoms with Gasteiger partial charge in [-0.2, -0.15) is 0 Å². The monoisotopic (exact) mass is 262 g/mol. The average molecular weight is 262 g/mol. The zero-order chi connectivity index (χ0) is 14.3. The summed E-state index contributed by atoms with van der Waals surface area (Å²) in [5.74, 6) is -0.109. The highest BCUT2D eigenvalue weighted by molar-refractivity contribution is 5.87. The smallest absolute Gasteiger partial charge is 0.244 e. The zero-order valence-corrected chi connectivity index (χ0v) is 12.3. The van der Waals surface area contributed by atoms with Crippen LogP contribution >= 0.6 is 0 Å². The van der Waals surface area contributed by atoms with E-state index >= 15 is 0 Å². The predicted octanol–water partition coefficient (Wildman–Crippen LogP) is 2.95. The standard InChI is InChI=1S/C16H26N2O/c1-4-5-7-10-13(2)18-15(19)16(3,17)14-11-8-6-9-12-14/h6,8-9,11-13H,4-5,7,10,17H2,1-3H3,(H,18,19). The lowest BCUT2D eigenvalue weighted by atomic mass is 9.92. The molecule has 0 spiro atoms. The van der Waals surface area contributed by atoms with Crippen LogP contribution in [0.5, 0.6) is 0 Å². The van der Waals surface area contributed by atoms with Gasteiger partial charge in [-0.25, -0.2) is 0 Å². The molecule has 1 aromatic carbocycles. The average Bonchev–Trinajstić information content (AvgIpc) is 2.40. The van der Waals surface area contributed by atoms with E-state index in [4.69, 9.17) is 5.73 Å². The molecule has 1 amide bonds. The van der Waals surface area contributed by atoms with Crippen molar-refractivity contribution in [2.45, 2.75) is 58.0 Å². The van der Waals surface area contributed by atoms with Crippen LogP contribution in [0.3, 0.4) is 0 Å². The summed E-state index contributed by atoms with van der Waals surface area (Å²) in [6, 6.07) is 9.68. The lowest BCUT2D eigenvalue weighted by Gasteiger charge is -2.26. The summed E-state index contributed by atoms with van der Waals surface area (Å²) in [5, 5.41) is 3.01. The summed E-state index contributed by atoms with van der Waals surface area (Å²) in [6.07, 6.45) is 4.55. The molecule has 2 unspecified atom stereocenters. The van der Waals surface area contributed by atoms with Gasteiger partial charge in [-0.15, -0.1) is 0 Å². The molecule has 0 aromatic heterocycles. The molecule has 106 valence electrons. The number of hydrogen-bond acceptors (Lipinski definition) is 2. The highest BCUT2D eigenvalue weighted by atomic mass is 16.2. The Balaban J connectivity index is 2.57. The highest BCUT2D eigenvalue weighted by Crippen LogP contribution is 2.18. The lowest BCUT2D eigenvalue weighted by Crippen LogP contribution is -2.51. The fourth-order valence-electron chi connectivity index (χ4n) is 2.06. The van der Waals surface area contributed by atoms with Gasteiger partial charge < -0.3 is 11.1 Å². The fraction of sp³-hybridized carbons (Fsp3) is 0.562. The molecule has 1 aromatic rings. The van der Waals surface area contributed by atoms with Crippen LogP contribution in [0.4, 0.5) is 0 Å². The first-order chi connectivity index (χ1) is 8.98. The van der Waals surface area contributed by atoms with Crippen LogP contribution in [-0.4, -0.2) is 11.9 Å². The number of nitrogens with one attached hydrogen (secondary N) is 1. The summed E-state index contributed by atoms with van der Waals surface area (Å²) in [5.41, 5.74) is 6.04. The first-order valence-electron chi connectivity index (χ1n) is 7.13. The predicted molar refractivity (Wildman–Crippen MR) is 79.7 cm³/mol. The first-order valence-corrected chi connectivity index (χ1v) is 7.13. The zero-order valence-electron chi connectivity index (χ0n) is 12.3. The topological polar surface area (TPSA) is 55.1 Å². The van der Waals surface area contributed by atoms with E-state index in [1.165, 1.54) is 12.8 Å². The van der Waals surface area contributed by atoms with Gasteiger partial charge in [0.05, 0.1) is 0 Å². The van der Waals surface area contributed by atoms with E-state index in [0.29, 0.717) is 0 Å². The quantitative estimate of drug-likeness (QED) is 0.742. The number of carbonyl (C=O) groups is 1. The molecule has 0 aliphatic rings. The Hall–Kier alpha value is -1.35. The van der Waals surface area contributed by atoms with Gasteiger partial charge in [0.15, 0.2) is 0 Å². The molecule has 0 heterocycles. The molecule has 0 saturated carbocycles. The Bertz CT molecular complexity index is 387. The maximum absolute atomic E-state index is 12.3. The number of benzene rings is 1. The fourth-order valence-corrected chi connectivity index (χ4v) is 2.06. The van der Waals surface area contributed by atoms with Crippen LogP contribution in [0.15, 0.2) is 30.3 Å². The molecule has 19 heavy (non-hydrogen) atoms. The van der Waals surface area contributed by atoms with Crippen molar-refractivity contribution in [3.63, 3.8) is 0 Å². The van der Waals surface area contributed by atoms with Gasteiger partial charge in [-0.05, 0) is 25.8 Å². The number of rotatable bonds is 7. The molecule has 0 fully saturated rings. The molecule has 2 atom stereocenters. The minimum atomic E-state index is -0.972. The molecular weight excluding hydrogens is 236 g/mol. The number of carbonyl (C=O) groups excluding carboxylic acids is 1. The second-order valence-corrected chi connectivity index (χ2v) is 5.44. The van der Waals surface area contributed by atoms with Gasteiger partial charge in [-0.3, -0.25) is 4.79 Å². The van der Waals surface area contributed by atoms with Crippen molar-refractivity contribution in [1.82, 2.24) is 5.32 Å². The summed E-state index contributed by atoms with van der Waals surface area (Å²) in [6.45, 7) is 5.97. The van der Waals surface area contributed by atoms with Crippen LogP contribution in [0.25, 0.3) is 0 Å². The van der Waals surface area contributed by atoms with Gasteiger partial charge >= 0.3 is 0 Å². The molecule has 0 saturated heterocycles. The van der Waals surface area contributed by atoms with E-state index < -0.39 is 5.54 Å². The van der Waals surface area contributed by atoms with E-state index in [-0.39, 0.29) is 11.9 Å².